The molecule has 5 heteroatoms. The molecular weight excluding hydrogens is 306 g/mol. The van der Waals surface area contributed by atoms with Gasteiger partial charge in [0.25, 0.3) is 0 Å². The molecule has 1 aromatic rings. The zero-order valence-electron chi connectivity index (χ0n) is 13.9. The van der Waals surface area contributed by atoms with Gasteiger partial charge in [-0.2, -0.15) is 0 Å². The number of thiophene rings is 1. The molecule has 23 heavy (non-hydrogen) atoms. The van der Waals surface area contributed by atoms with Crippen molar-refractivity contribution in [3.8, 4) is 0 Å². The fourth-order valence-corrected chi connectivity index (χ4v) is 4.47. The average molecular weight is 336 g/mol. The molecule has 2 aliphatic heterocycles. The highest BCUT2D eigenvalue weighted by Gasteiger charge is 2.21. The number of likely N-dealkylation sites (tertiary alicyclic amines) is 1. The first-order valence-electron chi connectivity index (χ1n) is 9.02. The highest BCUT2D eigenvalue weighted by atomic mass is 32.1. The number of rotatable bonds is 7. The predicted octanol–water partition coefficient (Wildman–Crippen LogP) is 2.47. The Morgan fingerprint density at radius 1 is 1.39 bits per heavy atom. The predicted molar refractivity (Wildman–Crippen MR) is 95.5 cm³/mol. The second-order valence-corrected chi connectivity index (χ2v) is 8.06. The van der Waals surface area contributed by atoms with Crippen LogP contribution in [0.1, 0.15) is 37.0 Å². The zero-order valence-corrected chi connectivity index (χ0v) is 14.7. The van der Waals surface area contributed by atoms with Gasteiger partial charge in [-0.1, -0.05) is 6.07 Å². The molecule has 4 nitrogen and oxygen atoms in total. The molecular formula is C18H29N3OS. The molecule has 0 aliphatic carbocycles. The van der Waals surface area contributed by atoms with E-state index in [1.165, 1.54) is 30.7 Å². The van der Waals surface area contributed by atoms with Crippen molar-refractivity contribution in [3.05, 3.63) is 22.4 Å². The minimum Gasteiger partial charge on any atom is -0.356 e. The molecule has 0 radical (unpaired) electrons. The summed E-state index contributed by atoms with van der Waals surface area (Å²) in [4.78, 5) is 16.0. The van der Waals surface area contributed by atoms with Crippen molar-refractivity contribution in [3.63, 3.8) is 0 Å². The lowest BCUT2D eigenvalue weighted by Crippen LogP contribution is -2.40. The van der Waals surface area contributed by atoms with Crippen molar-refractivity contribution in [2.24, 2.45) is 11.8 Å². The number of hydrogen-bond donors (Lipinski definition) is 2. The van der Waals surface area contributed by atoms with Gasteiger partial charge in [0, 0.05) is 30.9 Å². The Balaban J connectivity index is 1.33. The maximum Gasteiger partial charge on any atom is 0.220 e. The van der Waals surface area contributed by atoms with Crippen molar-refractivity contribution in [2.75, 3.05) is 32.7 Å². The molecule has 3 heterocycles. The van der Waals surface area contributed by atoms with Crippen molar-refractivity contribution >= 4 is 17.2 Å². The van der Waals surface area contributed by atoms with Gasteiger partial charge in [0.1, 0.15) is 0 Å². The summed E-state index contributed by atoms with van der Waals surface area (Å²) in [7, 11) is 0. The van der Waals surface area contributed by atoms with E-state index in [4.69, 9.17) is 0 Å². The van der Waals surface area contributed by atoms with Crippen LogP contribution in [0.25, 0.3) is 0 Å². The largest absolute Gasteiger partial charge is 0.356 e. The Labute approximate surface area is 143 Å². The lowest BCUT2D eigenvalue weighted by molar-refractivity contribution is -0.121. The van der Waals surface area contributed by atoms with Gasteiger partial charge in [0.05, 0.1) is 0 Å². The number of nitrogens with one attached hydrogen (secondary N) is 2. The van der Waals surface area contributed by atoms with Gasteiger partial charge in [-0.3, -0.25) is 9.69 Å². The average Bonchev–Trinajstić information content (AvgIpc) is 3.25. The van der Waals surface area contributed by atoms with Gasteiger partial charge in [-0.15, -0.1) is 11.3 Å². The third-order valence-corrected chi connectivity index (χ3v) is 5.95. The molecule has 0 aromatic carbocycles. The fraction of sp³-hybridized carbons (Fsp3) is 0.722. The zero-order chi connectivity index (χ0) is 15.9. The Hall–Kier alpha value is -0.910. The van der Waals surface area contributed by atoms with Crippen LogP contribution in [0.2, 0.25) is 0 Å². The normalized spacial score (nSPS) is 25.6. The summed E-state index contributed by atoms with van der Waals surface area (Å²) in [5.74, 6) is 1.56. The number of carbonyl (C=O) groups is 1. The minimum atomic E-state index is 0.243. The molecule has 2 fully saturated rings. The molecule has 2 saturated heterocycles. The Morgan fingerprint density at radius 2 is 2.35 bits per heavy atom. The molecule has 2 unspecified atom stereocenters. The molecule has 0 spiro atoms. The van der Waals surface area contributed by atoms with Gasteiger partial charge < -0.3 is 10.6 Å². The third kappa shape index (κ3) is 5.59. The van der Waals surface area contributed by atoms with Crippen LogP contribution in [0.4, 0.5) is 0 Å². The van der Waals surface area contributed by atoms with Crippen molar-refractivity contribution < 1.29 is 4.79 Å². The van der Waals surface area contributed by atoms with E-state index in [-0.39, 0.29) is 5.91 Å². The topological polar surface area (TPSA) is 44.4 Å². The van der Waals surface area contributed by atoms with Crippen LogP contribution in [0.3, 0.4) is 0 Å². The quantitative estimate of drug-likeness (QED) is 0.804. The molecule has 1 aromatic heterocycles. The Kier molecular flexibility index (Phi) is 6.48. The van der Waals surface area contributed by atoms with Crippen molar-refractivity contribution in [1.29, 1.82) is 0 Å². The summed E-state index contributed by atoms with van der Waals surface area (Å²) in [6.45, 7) is 6.43. The fourth-order valence-electron chi connectivity index (χ4n) is 3.73. The van der Waals surface area contributed by atoms with Crippen LogP contribution in [0, 0.1) is 11.8 Å². The first-order valence-corrected chi connectivity index (χ1v) is 9.89. The summed E-state index contributed by atoms with van der Waals surface area (Å²) in [6.07, 6.45) is 5.45. The van der Waals surface area contributed by atoms with Crippen LogP contribution in [0.5, 0.6) is 0 Å². The standard InChI is InChI=1S/C18H29N3OS/c22-18(6-5-15-7-8-19-11-15)20-12-16-3-1-9-21(13-16)14-17-4-2-10-23-17/h2,4,10,15-16,19H,1,3,5-9,11-14H2,(H,20,22). The molecule has 0 saturated carbocycles. The van der Waals surface area contributed by atoms with Gasteiger partial charge >= 0.3 is 0 Å². The second kappa shape index (κ2) is 8.81. The maximum absolute atomic E-state index is 12.0. The van der Waals surface area contributed by atoms with Crippen LogP contribution < -0.4 is 10.6 Å². The lowest BCUT2D eigenvalue weighted by Gasteiger charge is -2.32. The van der Waals surface area contributed by atoms with Gasteiger partial charge in [0.15, 0.2) is 0 Å². The number of hydrogen-bond acceptors (Lipinski definition) is 4. The Morgan fingerprint density at radius 3 is 3.13 bits per heavy atom. The van der Waals surface area contributed by atoms with Crippen LogP contribution in [-0.2, 0) is 11.3 Å². The third-order valence-electron chi connectivity index (χ3n) is 5.09. The highest BCUT2D eigenvalue weighted by molar-refractivity contribution is 7.09. The SMILES string of the molecule is O=C(CCC1CCNC1)NCC1CCCN(Cc2cccs2)C1. The van der Waals surface area contributed by atoms with E-state index in [2.05, 4.69) is 33.0 Å². The van der Waals surface area contributed by atoms with E-state index >= 15 is 0 Å². The summed E-state index contributed by atoms with van der Waals surface area (Å²) in [5.41, 5.74) is 0. The van der Waals surface area contributed by atoms with Crippen LogP contribution >= 0.6 is 11.3 Å². The van der Waals surface area contributed by atoms with Gasteiger partial charge in [0.2, 0.25) is 5.91 Å². The molecule has 1 amide bonds. The first kappa shape index (κ1) is 16.9. The van der Waals surface area contributed by atoms with E-state index in [0.29, 0.717) is 18.3 Å². The van der Waals surface area contributed by atoms with E-state index in [0.717, 1.165) is 39.1 Å². The van der Waals surface area contributed by atoms with E-state index in [9.17, 15) is 4.79 Å². The molecule has 2 aliphatic rings. The maximum atomic E-state index is 12.0. The van der Waals surface area contributed by atoms with Crippen molar-refractivity contribution in [1.82, 2.24) is 15.5 Å². The smallest absolute Gasteiger partial charge is 0.220 e. The number of carbonyl (C=O) groups excluding carboxylic acids is 1. The van der Waals surface area contributed by atoms with E-state index in [1.807, 2.05) is 11.3 Å². The first-order chi connectivity index (χ1) is 11.3. The molecule has 0 bridgehead atoms. The van der Waals surface area contributed by atoms with E-state index < -0.39 is 0 Å². The van der Waals surface area contributed by atoms with Crippen LogP contribution in [0.15, 0.2) is 17.5 Å². The van der Waals surface area contributed by atoms with Gasteiger partial charge in [-0.05, 0) is 68.6 Å². The molecule has 2 atom stereocenters. The lowest BCUT2D eigenvalue weighted by atomic mass is 9.97. The minimum absolute atomic E-state index is 0.243. The molecule has 3 rings (SSSR count). The van der Waals surface area contributed by atoms with Gasteiger partial charge in [-0.25, -0.2) is 0 Å². The molecule has 2 N–H and O–H groups in total. The number of piperidine rings is 1. The van der Waals surface area contributed by atoms with Crippen LogP contribution in [-0.4, -0.2) is 43.5 Å². The highest BCUT2D eigenvalue weighted by Crippen LogP contribution is 2.20. The Bertz CT molecular complexity index is 471. The van der Waals surface area contributed by atoms with Crippen molar-refractivity contribution in [2.45, 2.75) is 38.6 Å². The number of amides is 1. The second-order valence-electron chi connectivity index (χ2n) is 7.02. The number of nitrogens with zero attached hydrogens (tertiary/aromatic N) is 1. The monoisotopic (exact) mass is 335 g/mol. The summed E-state index contributed by atoms with van der Waals surface area (Å²) < 4.78 is 0. The molecule has 128 valence electrons. The van der Waals surface area contributed by atoms with E-state index in [1.54, 1.807) is 0 Å². The summed E-state index contributed by atoms with van der Waals surface area (Å²) >= 11 is 1.84. The summed E-state index contributed by atoms with van der Waals surface area (Å²) in [5, 5.41) is 8.69. The summed E-state index contributed by atoms with van der Waals surface area (Å²) in [6, 6.07) is 4.34.